The minimum Gasteiger partial charge on any atom is -0.462 e. The maximum absolute atomic E-state index is 11.9. The molecule has 0 aliphatic heterocycles. The van der Waals surface area contributed by atoms with Gasteiger partial charge in [-0.2, -0.15) is 0 Å². The molecule has 1 aromatic rings. The van der Waals surface area contributed by atoms with Gasteiger partial charge in [0.1, 0.15) is 0 Å². The lowest BCUT2D eigenvalue weighted by molar-refractivity contribution is 0.0481. The minimum absolute atomic E-state index is 0.0657. The summed E-state index contributed by atoms with van der Waals surface area (Å²) in [6, 6.07) is 6.60. The van der Waals surface area contributed by atoms with Gasteiger partial charge in [0.05, 0.1) is 12.2 Å². The van der Waals surface area contributed by atoms with Gasteiger partial charge in [0, 0.05) is 32.5 Å². The number of esters is 1. The first-order valence-corrected chi connectivity index (χ1v) is 8.50. The average Bonchev–Trinajstić information content (AvgIpc) is 2.59. The predicted molar refractivity (Wildman–Crippen MR) is 92.5 cm³/mol. The molecule has 0 unspecified atom stereocenters. The Labute approximate surface area is 144 Å². The van der Waals surface area contributed by atoms with Gasteiger partial charge in [0.2, 0.25) is 0 Å². The molecule has 0 bridgehead atoms. The largest absolute Gasteiger partial charge is 0.462 e. The lowest BCUT2D eigenvalue weighted by atomic mass is 10.1. The van der Waals surface area contributed by atoms with Crippen LogP contribution < -0.4 is 0 Å². The first-order chi connectivity index (χ1) is 11.6. The van der Waals surface area contributed by atoms with Gasteiger partial charge in [-0.1, -0.05) is 12.1 Å². The first kappa shape index (κ1) is 20.3. The van der Waals surface area contributed by atoms with Gasteiger partial charge >= 0.3 is 5.97 Å². The van der Waals surface area contributed by atoms with Crippen molar-refractivity contribution in [1.82, 2.24) is 0 Å². The van der Waals surface area contributed by atoms with Crippen molar-refractivity contribution in [3.63, 3.8) is 0 Å². The molecule has 1 rings (SSSR count). The molecule has 0 N–H and O–H groups in total. The highest BCUT2D eigenvalue weighted by molar-refractivity contribution is 5.97. The number of methoxy groups -OCH3 is 1. The summed E-state index contributed by atoms with van der Waals surface area (Å²) in [5.41, 5.74) is 0.929. The summed E-state index contributed by atoms with van der Waals surface area (Å²) in [5.74, 6) is -0.457. The fraction of sp³-hybridized carbons (Fsp3) is 0.579. The molecule has 5 nitrogen and oxygen atoms in total. The number of rotatable bonds is 13. The number of ether oxygens (including phenoxy) is 3. The van der Waals surface area contributed by atoms with E-state index in [0.29, 0.717) is 24.3 Å². The van der Waals surface area contributed by atoms with Crippen LogP contribution in [-0.4, -0.2) is 45.3 Å². The van der Waals surface area contributed by atoms with E-state index in [2.05, 4.69) is 0 Å². The highest BCUT2D eigenvalue weighted by Crippen LogP contribution is 2.08. The zero-order chi connectivity index (χ0) is 17.6. The Morgan fingerprint density at radius 2 is 1.50 bits per heavy atom. The lowest BCUT2D eigenvalue weighted by Gasteiger charge is -2.06. The maximum atomic E-state index is 11.9. The number of hydrogen-bond acceptors (Lipinski definition) is 5. The van der Waals surface area contributed by atoms with E-state index < -0.39 is 5.97 Å². The molecule has 0 aliphatic carbocycles. The second kappa shape index (κ2) is 12.7. The Morgan fingerprint density at radius 1 is 0.875 bits per heavy atom. The zero-order valence-electron chi connectivity index (χ0n) is 14.7. The van der Waals surface area contributed by atoms with Crippen molar-refractivity contribution in [2.24, 2.45) is 0 Å². The topological polar surface area (TPSA) is 61.8 Å². The molecule has 0 amide bonds. The van der Waals surface area contributed by atoms with Crippen molar-refractivity contribution in [3.8, 4) is 0 Å². The number of carbonyl (C=O) groups is 2. The summed E-state index contributed by atoms with van der Waals surface area (Å²) >= 11 is 0. The standard InChI is InChI=1S/C19H28O5/c1-16(20)17-9-8-10-18(15-17)19(21)24-14-7-6-13-23-12-5-3-4-11-22-2/h8-10,15H,3-7,11-14H2,1-2H3. The molecule has 1 aromatic carbocycles. The Hall–Kier alpha value is -1.72. The SMILES string of the molecule is COCCCCCOCCCCOC(=O)c1cccc(C(C)=O)c1. The van der Waals surface area contributed by atoms with Gasteiger partial charge in [-0.05, 0) is 51.2 Å². The van der Waals surface area contributed by atoms with Crippen molar-refractivity contribution < 1.29 is 23.8 Å². The van der Waals surface area contributed by atoms with Crippen molar-refractivity contribution in [2.45, 2.75) is 39.0 Å². The van der Waals surface area contributed by atoms with Crippen LogP contribution in [0.1, 0.15) is 59.7 Å². The molecular formula is C19H28O5. The van der Waals surface area contributed by atoms with Crippen LogP contribution in [0, 0.1) is 0 Å². The Balaban J connectivity index is 2.06. The van der Waals surface area contributed by atoms with E-state index in [4.69, 9.17) is 14.2 Å². The molecule has 0 fully saturated rings. The summed E-state index contributed by atoms with van der Waals surface area (Å²) in [4.78, 5) is 23.2. The molecule has 0 heterocycles. The minimum atomic E-state index is -0.392. The molecule has 0 aliphatic rings. The number of Topliss-reactive ketones (excluding diaryl/α,β-unsaturated/α-hetero) is 1. The first-order valence-electron chi connectivity index (χ1n) is 8.50. The molecule has 0 saturated heterocycles. The van der Waals surface area contributed by atoms with Crippen molar-refractivity contribution in [3.05, 3.63) is 35.4 Å². The fourth-order valence-electron chi connectivity index (χ4n) is 2.15. The van der Waals surface area contributed by atoms with Gasteiger partial charge in [-0.3, -0.25) is 4.79 Å². The number of unbranched alkanes of at least 4 members (excludes halogenated alkanes) is 3. The van der Waals surface area contributed by atoms with Crippen LogP contribution in [0.2, 0.25) is 0 Å². The van der Waals surface area contributed by atoms with E-state index in [0.717, 1.165) is 45.3 Å². The molecular weight excluding hydrogens is 308 g/mol. The van der Waals surface area contributed by atoms with Crippen LogP contribution in [0.5, 0.6) is 0 Å². The summed E-state index contributed by atoms with van der Waals surface area (Å²) in [7, 11) is 1.71. The normalized spacial score (nSPS) is 10.6. The molecule has 24 heavy (non-hydrogen) atoms. The predicted octanol–water partition coefficient (Wildman–Crippen LogP) is 3.66. The fourth-order valence-corrected chi connectivity index (χ4v) is 2.15. The van der Waals surface area contributed by atoms with Crippen LogP contribution >= 0.6 is 0 Å². The maximum Gasteiger partial charge on any atom is 0.338 e. The Bertz CT molecular complexity index is 498. The van der Waals surface area contributed by atoms with Gasteiger partial charge in [0.25, 0.3) is 0 Å². The molecule has 0 atom stereocenters. The quantitative estimate of drug-likeness (QED) is 0.312. The third-order valence-corrected chi connectivity index (χ3v) is 3.56. The molecule has 5 heteroatoms. The second-order valence-corrected chi connectivity index (χ2v) is 5.65. The summed E-state index contributed by atoms with van der Waals surface area (Å²) in [6.07, 6.45) is 4.86. The van der Waals surface area contributed by atoms with Crippen LogP contribution in [-0.2, 0) is 14.2 Å². The van der Waals surface area contributed by atoms with Crippen LogP contribution in [0.25, 0.3) is 0 Å². The average molecular weight is 336 g/mol. The second-order valence-electron chi connectivity index (χ2n) is 5.65. The van der Waals surface area contributed by atoms with Gasteiger partial charge < -0.3 is 14.2 Å². The van der Waals surface area contributed by atoms with Crippen molar-refractivity contribution >= 4 is 11.8 Å². The lowest BCUT2D eigenvalue weighted by Crippen LogP contribution is -2.08. The smallest absolute Gasteiger partial charge is 0.338 e. The van der Waals surface area contributed by atoms with Crippen molar-refractivity contribution in [1.29, 1.82) is 0 Å². The highest BCUT2D eigenvalue weighted by Gasteiger charge is 2.09. The van der Waals surface area contributed by atoms with E-state index in [-0.39, 0.29) is 5.78 Å². The van der Waals surface area contributed by atoms with Gasteiger partial charge in [-0.15, -0.1) is 0 Å². The van der Waals surface area contributed by atoms with Gasteiger partial charge in [-0.25, -0.2) is 4.79 Å². The molecule has 0 aromatic heterocycles. The summed E-state index contributed by atoms with van der Waals surface area (Å²) < 4.78 is 15.7. The molecule has 0 saturated carbocycles. The summed E-state index contributed by atoms with van der Waals surface area (Å²) in [6.45, 7) is 4.09. The third-order valence-electron chi connectivity index (χ3n) is 3.56. The van der Waals surface area contributed by atoms with E-state index in [9.17, 15) is 9.59 Å². The van der Waals surface area contributed by atoms with E-state index in [1.54, 1.807) is 31.4 Å². The molecule has 0 radical (unpaired) electrons. The number of ketones is 1. The highest BCUT2D eigenvalue weighted by atomic mass is 16.5. The Morgan fingerprint density at radius 3 is 2.21 bits per heavy atom. The van der Waals surface area contributed by atoms with E-state index in [1.807, 2.05) is 0 Å². The number of hydrogen-bond donors (Lipinski definition) is 0. The van der Waals surface area contributed by atoms with Crippen molar-refractivity contribution in [2.75, 3.05) is 33.5 Å². The van der Waals surface area contributed by atoms with Crippen LogP contribution in [0.3, 0.4) is 0 Å². The van der Waals surface area contributed by atoms with E-state index >= 15 is 0 Å². The monoisotopic (exact) mass is 336 g/mol. The number of carbonyl (C=O) groups excluding carboxylic acids is 2. The number of benzene rings is 1. The summed E-state index contributed by atoms with van der Waals surface area (Å²) in [5, 5.41) is 0. The molecule has 134 valence electrons. The van der Waals surface area contributed by atoms with E-state index in [1.165, 1.54) is 6.92 Å². The third kappa shape index (κ3) is 8.79. The van der Waals surface area contributed by atoms with Gasteiger partial charge in [0.15, 0.2) is 5.78 Å². The Kier molecular flexibility index (Phi) is 10.7. The molecule has 0 spiro atoms. The van der Waals surface area contributed by atoms with Crippen LogP contribution in [0.15, 0.2) is 24.3 Å². The zero-order valence-corrected chi connectivity index (χ0v) is 14.7. The van der Waals surface area contributed by atoms with Crippen LogP contribution in [0.4, 0.5) is 0 Å².